The minimum absolute atomic E-state index is 0.0216. The molecule has 2 atom stereocenters. The number of halogens is 2. The van der Waals surface area contributed by atoms with Crippen molar-refractivity contribution in [1.29, 1.82) is 0 Å². The lowest BCUT2D eigenvalue weighted by Crippen LogP contribution is -2.31. The lowest BCUT2D eigenvalue weighted by molar-refractivity contribution is -0.146. The van der Waals surface area contributed by atoms with E-state index in [2.05, 4.69) is 0 Å². The van der Waals surface area contributed by atoms with Gasteiger partial charge in [0.25, 0.3) is 0 Å². The van der Waals surface area contributed by atoms with Gasteiger partial charge in [-0.05, 0) is 23.6 Å². The van der Waals surface area contributed by atoms with Crippen LogP contribution < -0.4 is 0 Å². The molecule has 2 rings (SSSR count). The van der Waals surface area contributed by atoms with Gasteiger partial charge in [-0.15, -0.1) is 0 Å². The molecular weight excluding hydrogens is 313 g/mol. The summed E-state index contributed by atoms with van der Waals surface area (Å²) in [6.45, 7) is 2.93. The molecular formula is C15H17Cl2NO3. The summed E-state index contributed by atoms with van der Waals surface area (Å²) in [5.41, 5.74) is 0.809. The SMILES string of the molecule is COC(=O)C1CN(C(=O)Cc2ccc(Cl)c(Cl)c2)CC1C. The van der Waals surface area contributed by atoms with E-state index in [9.17, 15) is 9.59 Å². The van der Waals surface area contributed by atoms with E-state index >= 15 is 0 Å². The number of amides is 1. The molecule has 1 saturated heterocycles. The predicted octanol–water partition coefficient (Wildman–Crippen LogP) is 2.80. The number of methoxy groups -OCH3 is 1. The first-order valence-electron chi connectivity index (χ1n) is 6.72. The molecule has 1 aromatic rings. The summed E-state index contributed by atoms with van der Waals surface area (Å²) in [6.07, 6.45) is 0.248. The Morgan fingerprint density at radius 1 is 1.29 bits per heavy atom. The number of hydrogen-bond acceptors (Lipinski definition) is 3. The number of nitrogens with zero attached hydrogens (tertiary/aromatic N) is 1. The summed E-state index contributed by atoms with van der Waals surface area (Å²) in [7, 11) is 1.37. The first-order valence-corrected chi connectivity index (χ1v) is 7.47. The highest BCUT2D eigenvalue weighted by molar-refractivity contribution is 6.42. The third kappa shape index (κ3) is 3.69. The smallest absolute Gasteiger partial charge is 0.310 e. The number of likely N-dealkylation sites (tertiary alicyclic amines) is 1. The van der Waals surface area contributed by atoms with E-state index in [-0.39, 0.29) is 30.1 Å². The van der Waals surface area contributed by atoms with E-state index in [1.807, 2.05) is 6.92 Å². The molecule has 21 heavy (non-hydrogen) atoms. The van der Waals surface area contributed by atoms with E-state index in [4.69, 9.17) is 27.9 Å². The first kappa shape index (κ1) is 16.1. The van der Waals surface area contributed by atoms with E-state index in [0.29, 0.717) is 23.1 Å². The van der Waals surface area contributed by atoms with Gasteiger partial charge in [-0.1, -0.05) is 36.2 Å². The second-order valence-corrected chi connectivity index (χ2v) is 6.15. The fraction of sp³-hybridized carbons (Fsp3) is 0.467. The Kier molecular flexibility index (Phi) is 5.12. The third-order valence-corrected chi connectivity index (χ3v) is 4.55. The quantitative estimate of drug-likeness (QED) is 0.801. The van der Waals surface area contributed by atoms with Crippen LogP contribution in [0.25, 0.3) is 0 Å². The summed E-state index contributed by atoms with van der Waals surface area (Å²) in [4.78, 5) is 25.7. The van der Waals surface area contributed by atoms with Crippen LogP contribution in [0.1, 0.15) is 12.5 Å². The Hall–Kier alpha value is -1.26. The number of carbonyl (C=O) groups excluding carboxylic acids is 2. The monoisotopic (exact) mass is 329 g/mol. The molecule has 0 aromatic heterocycles. The van der Waals surface area contributed by atoms with Crippen molar-refractivity contribution < 1.29 is 14.3 Å². The van der Waals surface area contributed by atoms with Gasteiger partial charge >= 0.3 is 5.97 Å². The lowest BCUT2D eigenvalue weighted by atomic mass is 9.99. The molecule has 0 bridgehead atoms. The van der Waals surface area contributed by atoms with Crippen molar-refractivity contribution >= 4 is 35.1 Å². The third-order valence-electron chi connectivity index (χ3n) is 3.81. The van der Waals surface area contributed by atoms with Gasteiger partial charge in [0.15, 0.2) is 0 Å². The Balaban J connectivity index is 2.01. The molecule has 0 aliphatic carbocycles. The summed E-state index contributed by atoms with van der Waals surface area (Å²) < 4.78 is 4.77. The molecule has 114 valence electrons. The second kappa shape index (κ2) is 6.67. The number of esters is 1. The topological polar surface area (TPSA) is 46.6 Å². The van der Waals surface area contributed by atoms with Crippen LogP contribution in [0.2, 0.25) is 10.0 Å². The maximum Gasteiger partial charge on any atom is 0.310 e. The zero-order valence-corrected chi connectivity index (χ0v) is 13.4. The van der Waals surface area contributed by atoms with Gasteiger partial charge in [0.05, 0.1) is 29.5 Å². The zero-order chi connectivity index (χ0) is 15.6. The average molecular weight is 330 g/mol. The molecule has 0 saturated carbocycles. The minimum Gasteiger partial charge on any atom is -0.469 e. The van der Waals surface area contributed by atoms with Crippen molar-refractivity contribution in [3.63, 3.8) is 0 Å². The maximum atomic E-state index is 12.3. The fourth-order valence-corrected chi connectivity index (χ4v) is 2.89. The standard InChI is InChI=1S/C15H17Cl2NO3/c1-9-7-18(8-11(9)15(20)21-2)14(19)6-10-3-4-12(16)13(17)5-10/h3-5,9,11H,6-8H2,1-2H3. The molecule has 1 amide bonds. The number of rotatable bonds is 3. The van der Waals surface area contributed by atoms with Gasteiger partial charge in [0, 0.05) is 13.1 Å². The van der Waals surface area contributed by atoms with Gasteiger partial charge < -0.3 is 9.64 Å². The van der Waals surface area contributed by atoms with E-state index < -0.39 is 0 Å². The summed E-state index contributed by atoms with van der Waals surface area (Å²) >= 11 is 11.8. The first-order chi connectivity index (χ1) is 9.92. The Bertz CT molecular complexity index is 562. The van der Waals surface area contributed by atoms with E-state index in [1.165, 1.54) is 7.11 Å². The molecule has 1 aliphatic rings. The maximum absolute atomic E-state index is 12.3. The predicted molar refractivity (Wildman–Crippen MR) is 81.4 cm³/mol. The number of hydrogen-bond donors (Lipinski definition) is 0. The molecule has 2 unspecified atom stereocenters. The van der Waals surface area contributed by atoms with Crippen LogP contribution in [0, 0.1) is 11.8 Å². The normalized spacial score (nSPS) is 21.4. The summed E-state index contributed by atoms with van der Waals surface area (Å²) in [5, 5.41) is 0.901. The van der Waals surface area contributed by atoms with E-state index in [1.54, 1.807) is 23.1 Å². The molecule has 1 fully saturated rings. The Morgan fingerprint density at radius 2 is 2.00 bits per heavy atom. The Labute approximate surface area is 134 Å². The van der Waals surface area contributed by atoms with Crippen LogP contribution in [-0.4, -0.2) is 37.0 Å². The molecule has 4 nitrogen and oxygen atoms in total. The summed E-state index contributed by atoms with van der Waals surface area (Å²) in [6, 6.07) is 5.15. The summed E-state index contributed by atoms with van der Waals surface area (Å²) in [5.74, 6) is -0.415. The Morgan fingerprint density at radius 3 is 2.62 bits per heavy atom. The lowest BCUT2D eigenvalue weighted by Gasteiger charge is -2.16. The molecule has 1 aromatic carbocycles. The molecule has 0 N–H and O–H groups in total. The van der Waals surface area contributed by atoms with Crippen LogP contribution >= 0.6 is 23.2 Å². The van der Waals surface area contributed by atoms with Crippen LogP contribution in [0.5, 0.6) is 0 Å². The van der Waals surface area contributed by atoms with Crippen LogP contribution in [-0.2, 0) is 20.7 Å². The van der Waals surface area contributed by atoms with Gasteiger partial charge in [0.2, 0.25) is 5.91 Å². The van der Waals surface area contributed by atoms with Crippen molar-refractivity contribution in [3.05, 3.63) is 33.8 Å². The van der Waals surface area contributed by atoms with Gasteiger partial charge in [0.1, 0.15) is 0 Å². The van der Waals surface area contributed by atoms with Crippen molar-refractivity contribution in [2.45, 2.75) is 13.3 Å². The molecule has 1 heterocycles. The highest BCUT2D eigenvalue weighted by atomic mass is 35.5. The highest BCUT2D eigenvalue weighted by Crippen LogP contribution is 2.26. The number of carbonyl (C=O) groups is 2. The average Bonchev–Trinajstić information content (AvgIpc) is 2.84. The largest absolute Gasteiger partial charge is 0.469 e. The number of ether oxygens (including phenoxy) is 1. The van der Waals surface area contributed by atoms with Crippen molar-refractivity contribution in [2.24, 2.45) is 11.8 Å². The van der Waals surface area contributed by atoms with Crippen molar-refractivity contribution in [2.75, 3.05) is 20.2 Å². The minimum atomic E-state index is -0.257. The molecule has 0 spiro atoms. The van der Waals surface area contributed by atoms with Gasteiger partial charge in [-0.25, -0.2) is 0 Å². The molecule has 6 heteroatoms. The van der Waals surface area contributed by atoms with Crippen LogP contribution in [0.3, 0.4) is 0 Å². The van der Waals surface area contributed by atoms with Crippen molar-refractivity contribution in [3.8, 4) is 0 Å². The van der Waals surface area contributed by atoms with Crippen molar-refractivity contribution in [1.82, 2.24) is 4.90 Å². The second-order valence-electron chi connectivity index (χ2n) is 5.33. The molecule has 1 aliphatic heterocycles. The van der Waals surface area contributed by atoms with Gasteiger partial charge in [-0.3, -0.25) is 9.59 Å². The molecule has 0 radical (unpaired) electrons. The number of benzene rings is 1. The van der Waals surface area contributed by atoms with E-state index in [0.717, 1.165) is 5.56 Å². The van der Waals surface area contributed by atoms with Crippen LogP contribution in [0.15, 0.2) is 18.2 Å². The van der Waals surface area contributed by atoms with Gasteiger partial charge in [-0.2, -0.15) is 0 Å². The van der Waals surface area contributed by atoms with Crippen LogP contribution in [0.4, 0.5) is 0 Å². The highest BCUT2D eigenvalue weighted by Gasteiger charge is 2.37. The fourth-order valence-electron chi connectivity index (χ4n) is 2.56. The zero-order valence-electron chi connectivity index (χ0n) is 11.9.